The lowest BCUT2D eigenvalue weighted by atomic mass is 9.96. The van der Waals surface area contributed by atoms with Crippen LogP contribution >= 0.6 is 0 Å². The van der Waals surface area contributed by atoms with Gasteiger partial charge in [-0.2, -0.15) is 0 Å². The van der Waals surface area contributed by atoms with E-state index in [9.17, 15) is 4.79 Å². The molecule has 16 heavy (non-hydrogen) atoms. The van der Waals surface area contributed by atoms with E-state index in [1.165, 1.54) is 22.3 Å². The maximum absolute atomic E-state index is 11.4. The standard InChI is InChI=1S/C13H20N2O/c1-9-5-6-12(11(3)10(9)2)7-8-13(16)15(4)14/h5-6H,7-8,14H2,1-4H3. The first-order valence-corrected chi connectivity index (χ1v) is 5.50. The minimum absolute atomic E-state index is 0.0300. The summed E-state index contributed by atoms with van der Waals surface area (Å²) in [5.41, 5.74) is 5.13. The van der Waals surface area contributed by atoms with Gasteiger partial charge in [-0.1, -0.05) is 12.1 Å². The highest BCUT2D eigenvalue weighted by atomic mass is 16.2. The van der Waals surface area contributed by atoms with Gasteiger partial charge in [0.05, 0.1) is 0 Å². The number of nitrogens with two attached hydrogens (primary N) is 1. The molecule has 1 aromatic carbocycles. The number of benzene rings is 1. The summed E-state index contributed by atoms with van der Waals surface area (Å²) in [4.78, 5) is 11.4. The van der Waals surface area contributed by atoms with Crippen LogP contribution in [0, 0.1) is 20.8 Å². The van der Waals surface area contributed by atoms with E-state index in [0.717, 1.165) is 11.4 Å². The lowest BCUT2D eigenvalue weighted by Gasteiger charge is -2.13. The molecule has 0 aromatic heterocycles. The summed E-state index contributed by atoms with van der Waals surface area (Å²) in [6.07, 6.45) is 1.23. The molecular weight excluding hydrogens is 200 g/mol. The minimum Gasteiger partial charge on any atom is -0.284 e. The van der Waals surface area contributed by atoms with E-state index in [0.29, 0.717) is 6.42 Å². The van der Waals surface area contributed by atoms with Gasteiger partial charge in [0.2, 0.25) is 5.91 Å². The van der Waals surface area contributed by atoms with Crippen molar-refractivity contribution in [1.82, 2.24) is 5.01 Å². The molecule has 88 valence electrons. The van der Waals surface area contributed by atoms with Crippen LogP contribution in [0.5, 0.6) is 0 Å². The molecule has 3 heteroatoms. The van der Waals surface area contributed by atoms with Crippen molar-refractivity contribution in [2.24, 2.45) is 5.84 Å². The van der Waals surface area contributed by atoms with Crippen LogP contribution in [0.1, 0.15) is 28.7 Å². The zero-order valence-electron chi connectivity index (χ0n) is 10.5. The largest absolute Gasteiger partial charge is 0.284 e. The molecule has 0 spiro atoms. The van der Waals surface area contributed by atoms with Crippen LogP contribution in [0.15, 0.2) is 12.1 Å². The van der Waals surface area contributed by atoms with Crippen LogP contribution < -0.4 is 5.84 Å². The number of hydrazine groups is 1. The van der Waals surface area contributed by atoms with E-state index < -0.39 is 0 Å². The molecule has 1 aromatic rings. The number of rotatable bonds is 3. The van der Waals surface area contributed by atoms with Gasteiger partial charge in [-0.25, -0.2) is 5.84 Å². The molecule has 0 unspecified atom stereocenters. The fourth-order valence-corrected chi connectivity index (χ4v) is 1.70. The van der Waals surface area contributed by atoms with Gasteiger partial charge >= 0.3 is 0 Å². The van der Waals surface area contributed by atoms with Crippen molar-refractivity contribution in [1.29, 1.82) is 0 Å². The van der Waals surface area contributed by atoms with E-state index in [1.807, 2.05) is 0 Å². The molecule has 0 radical (unpaired) electrons. The fourth-order valence-electron chi connectivity index (χ4n) is 1.70. The second-order valence-electron chi connectivity index (χ2n) is 4.30. The average Bonchev–Trinajstić information content (AvgIpc) is 2.24. The first-order chi connectivity index (χ1) is 7.43. The topological polar surface area (TPSA) is 46.3 Å². The second kappa shape index (κ2) is 5.12. The van der Waals surface area contributed by atoms with E-state index in [1.54, 1.807) is 7.05 Å². The first kappa shape index (κ1) is 12.7. The Bertz CT molecular complexity index is 397. The van der Waals surface area contributed by atoms with Crippen LogP contribution in [-0.2, 0) is 11.2 Å². The molecule has 3 nitrogen and oxygen atoms in total. The van der Waals surface area contributed by atoms with Crippen molar-refractivity contribution in [3.8, 4) is 0 Å². The third-order valence-corrected chi connectivity index (χ3v) is 3.17. The summed E-state index contributed by atoms with van der Waals surface area (Å²) < 4.78 is 0. The molecule has 2 N–H and O–H groups in total. The van der Waals surface area contributed by atoms with E-state index in [2.05, 4.69) is 32.9 Å². The molecule has 1 rings (SSSR count). The third kappa shape index (κ3) is 2.83. The first-order valence-electron chi connectivity index (χ1n) is 5.50. The van der Waals surface area contributed by atoms with Crippen molar-refractivity contribution >= 4 is 5.91 Å². The number of amides is 1. The predicted octanol–water partition coefficient (Wildman–Crippen LogP) is 1.88. The SMILES string of the molecule is Cc1ccc(CCC(=O)N(C)N)c(C)c1C. The Morgan fingerprint density at radius 1 is 1.25 bits per heavy atom. The van der Waals surface area contributed by atoms with Crippen LogP contribution in [0.4, 0.5) is 0 Å². The Labute approximate surface area is 97.2 Å². The molecule has 0 heterocycles. The zero-order valence-corrected chi connectivity index (χ0v) is 10.5. The van der Waals surface area contributed by atoms with Crippen LogP contribution in [0.25, 0.3) is 0 Å². The zero-order chi connectivity index (χ0) is 12.3. The molecule has 0 atom stereocenters. The second-order valence-corrected chi connectivity index (χ2v) is 4.30. The highest BCUT2D eigenvalue weighted by molar-refractivity contribution is 5.75. The van der Waals surface area contributed by atoms with Crippen molar-refractivity contribution in [3.63, 3.8) is 0 Å². The van der Waals surface area contributed by atoms with Gasteiger partial charge in [-0.05, 0) is 49.4 Å². The van der Waals surface area contributed by atoms with Gasteiger partial charge in [0.15, 0.2) is 0 Å². The van der Waals surface area contributed by atoms with Gasteiger partial charge in [0, 0.05) is 13.5 Å². The molecule has 0 aliphatic rings. The number of hydrogen-bond donors (Lipinski definition) is 1. The van der Waals surface area contributed by atoms with Crippen molar-refractivity contribution in [2.75, 3.05) is 7.05 Å². The molecule has 1 amide bonds. The summed E-state index contributed by atoms with van der Waals surface area (Å²) in [5.74, 6) is 5.35. The van der Waals surface area contributed by atoms with Crippen molar-refractivity contribution in [3.05, 3.63) is 34.4 Å². The van der Waals surface area contributed by atoms with Gasteiger partial charge in [0.1, 0.15) is 0 Å². The molecule has 0 aliphatic carbocycles. The highest BCUT2D eigenvalue weighted by Gasteiger charge is 2.08. The molecule has 0 saturated heterocycles. The van der Waals surface area contributed by atoms with Gasteiger partial charge in [0.25, 0.3) is 0 Å². The van der Waals surface area contributed by atoms with Crippen LogP contribution in [0.3, 0.4) is 0 Å². The Hall–Kier alpha value is -1.35. The number of nitrogens with zero attached hydrogens (tertiary/aromatic N) is 1. The number of carbonyl (C=O) groups is 1. The number of carbonyl (C=O) groups excluding carboxylic acids is 1. The normalized spacial score (nSPS) is 10.3. The average molecular weight is 220 g/mol. The fraction of sp³-hybridized carbons (Fsp3) is 0.462. The summed E-state index contributed by atoms with van der Waals surface area (Å²) in [5, 5.41) is 1.15. The maximum atomic E-state index is 11.4. The number of aryl methyl sites for hydroxylation is 2. The smallest absolute Gasteiger partial charge is 0.236 e. The monoisotopic (exact) mass is 220 g/mol. The Morgan fingerprint density at radius 2 is 1.88 bits per heavy atom. The van der Waals surface area contributed by atoms with Crippen molar-refractivity contribution in [2.45, 2.75) is 33.6 Å². The maximum Gasteiger partial charge on any atom is 0.236 e. The number of hydrogen-bond acceptors (Lipinski definition) is 2. The summed E-state index contributed by atoms with van der Waals surface area (Å²) in [6.45, 7) is 6.32. The Balaban J connectivity index is 2.76. The predicted molar refractivity (Wildman–Crippen MR) is 65.9 cm³/mol. The highest BCUT2D eigenvalue weighted by Crippen LogP contribution is 2.18. The molecule has 0 bridgehead atoms. The summed E-state index contributed by atoms with van der Waals surface area (Å²) in [7, 11) is 1.58. The lowest BCUT2D eigenvalue weighted by Crippen LogP contribution is -2.33. The molecule has 0 saturated carbocycles. The van der Waals surface area contributed by atoms with E-state index in [-0.39, 0.29) is 5.91 Å². The molecule has 0 fully saturated rings. The molecule has 0 aliphatic heterocycles. The molecular formula is C13H20N2O. The van der Waals surface area contributed by atoms with E-state index in [4.69, 9.17) is 5.84 Å². The minimum atomic E-state index is -0.0300. The van der Waals surface area contributed by atoms with Gasteiger partial charge in [-0.15, -0.1) is 0 Å². The van der Waals surface area contributed by atoms with E-state index >= 15 is 0 Å². The lowest BCUT2D eigenvalue weighted by molar-refractivity contribution is -0.130. The van der Waals surface area contributed by atoms with Gasteiger partial charge < -0.3 is 0 Å². The van der Waals surface area contributed by atoms with Gasteiger partial charge in [-0.3, -0.25) is 9.80 Å². The summed E-state index contributed by atoms with van der Waals surface area (Å²) in [6, 6.07) is 4.20. The Morgan fingerprint density at radius 3 is 2.44 bits per heavy atom. The van der Waals surface area contributed by atoms with Crippen LogP contribution in [0.2, 0.25) is 0 Å². The Kier molecular flexibility index (Phi) is 4.07. The van der Waals surface area contributed by atoms with Crippen LogP contribution in [-0.4, -0.2) is 18.0 Å². The quantitative estimate of drug-likeness (QED) is 0.480. The third-order valence-electron chi connectivity index (χ3n) is 3.17. The summed E-state index contributed by atoms with van der Waals surface area (Å²) >= 11 is 0. The van der Waals surface area contributed by atoms with Crippen molar-refractivity contribution < 1.29 is 4.79 Å².